The summed E-state index contributed by atoms with van der Waals surface area (Å²) < 4.78 is 6.96. The van der Waals surface area contributed by atoms with Gasteiger partial charge in [-0.1, -0.05) is 46.3 Å². The van der Waals surface area contributed by atoms with Crippen molar-refractivity contribution < 1.29 is 19.1 Å². The highest BCUT2D eigenvalue weighted by atomic mass is 79.9. The van der Waals surface area contributed by atoms with Gasteiger partial charge in [0.2, 0.25) is 0 Å². The molecule has 3 rings (SSSR count). The van der Waals surface area contributed by atoms with Crippen LogP contribution in [0.4, 0.5) is 0 Å². The van der Waals surface area contributed by atoms with Gasteiger partial charge in [-0.05, 0) is 12.5 Å². The quantitative estimate of drug-likeness (QED) is 0.444. The van der Waals surface area contributed by atoms with Crippen LogP contribution in [-0.4, -0.2) is 58.8 Å². The molecule has 0 spiro atoms. The van der Waals surface area contributed by atoms with Crippen molar-refractivity contribution in [2.24, 2.45) is 0 Å². The van der Waals surface area contributed by atoms with Crippen LogP contribution in [0.3, 0.4) is 0 Å². The molecule has 0 saturated carbocycles. The van der Waals surface area contributed by atoms with Gasteiger partial charge in [0.05, 0.1) is 37.1 Å². The maximum Gasteiger partial charge on any atom is 0.316 e. The third kappa shape index (κ3) is 3.51. The van der Waals surface area contributed by atoms with Crippen molar-refractivity contribution in [1.29, 1.82) is 0 Å². The largest absolute Gasteiger partial charge is 0.461 e. The van der Waals surface area contributed by atoms with Gasteiger partial charge in [0, 0.05) is 25.7 Å². The Kier molecular flexibility index (Phi) is 5.86. The second-order valence-electron chi connectivity index (χ2n) is 7.79. The fraction of sp³-hybridized carbons (Fsp3) is 0.650. The molecule has 2 aliphatic rings. The van der Waals surface area contributed by atoms with Crippen molar-refractivity contribution in [3.8, 4) is 0 Å². The molecule has 1 N–H and O–H groups in total. The number of halogens is 1. The van der Waals surface area contributed by atoms with Crippen LogP contribution in [0, 0.1) is 0 Å². The molecule has 2 saturated heterocycles. The van der Waals surface area contributed by atoms with Gasteiger partial charge >= 0.3 is 5.97 Å². The molecule has 1 aromatic carbocycles. The summed E-state index contributed by atoms with van der Waals surface area (Å²) in [5, 5.41) is 10.7. The molecule has 0 aromatic heterocycles. The third-order valence-corrected chi connectivity index (χ3v) is 7.54. The van der Waals surface area contributed by atoms with E-state index in [0.717, 1.165) is 28.2 Å². The SMILES string of the molecule is CC(CBr)[N+]1(C)C2CCC1CC(OC(=O)C(CO)c1ccccc1)C2. The minimum atomic E-state index is -0.580. The number of carbonyl (C=O) groups is 1. The standard InChI is InChI=1S/C20H29BrNO3/c1-14(12-21)22(2)16-8-9-17(22)11-18(10-16)25-20(24)19(13-23)15-6-4-3-5-7-15/h3-7,14,16-19,23H,8-13H2,1-2H3/q+1. The molecular weight excluding hydrogens is 382 g/mol. The van der Waals surface area contributed by atoms with E-state index in [4.69, 9.17) is 4.74 Å². The van der Waals surface area contributed by atoms with Gasteiger partial charge in [0.25, 0.3) is 0 Å². The zero-order valence-electron chi connectivity index (χ0n) is 15.1. The number of carbonyl (C=O) groups excluding carboxylic acids is 1. The summed E-state index contributed by atoms with van der Waals surface area (Å²) in [5.74, 6) is -0.870. The Labute approximate surface area is 158 Å². The third-order valence-electron chi connectivity index (χ3n) is 6.60. The van der Waals surface area contributed by atoms with Crippen LogP contribution >= 0.6 is 15.9 Å². The second-order valence-corrected chi connectivity index (χ2v) is 8.43. The number of esters is 1. The first-order valence-electron chi connectivity index (χ1n) is 9.28. The molecule has 0 radical (unpaired) electrons. The van der Waals surface area contributed by atoms with Gasteiger partial charge in [0.15, 0.2) is 0 Å². The van der Waals surface area contributed by atoms with Crippen molar-refractivity contribution in [3.05, 3.63) is 35.9 Å². The summed E-state index contributed by atoms with van der Waals surface area (Å²) in [4.78, 5) is 12.6. The summed E-state index contributed by atoms with van der Waals surface area (Å²) in [6.45, 7) is 2.10. The number of nitrogens with zero attached hydrogens (tertiary/aromatic N) is 1. The molecule has 4 atom stereocenters. The number of hydrogen-bond acceptors (Lipinski definition) is 3. The molecule has 0 amide bonds. The van der Waals surface area contributed by atoms with Gasteiger partial charge in [0.1, 0.15) is 12.0 Å². The molecule has 2 fully saturated rings. The van der Waals surface area contributed by atoms with E-state index in [2.05, 4.69) is 29.9 Å². The van der Waals surface area contributed by atoms with E-state index in [0.29, 0.717) is 18.1 Å². The first-order chi connectivity index (χ1) is 12.0. The first kappa shape index (κ1) is 18.9. The van der Waals surface area contributed by atoms with E-state index >= 15 is 0 Å². The van der Waals surface area contributed by atoms with Gasteiger partial charge in [-0.2, -0.15) is 0 Å². The molecule has 25 heavy (non-hydrogen) atoms. The number of aliphatic hydroxyl groups is 1. The molecule has 5 heteroatoms. The molecule has 2 aliphatic heterocycles. The lowest BCUT2D eigenvalue weighted by Crippen LogP contribution is -2.63. The second kappa shape index (κ2) is 7.77. The molecule has 138 valence electrons. The van der Waals surface area contributed by atoms with Crippen LogP contribution < -0.4 is 0 Å². The van der Waals surface area contributed by atoms with Crippen LogP contribution in [-0.2, 0) is 9.53 Å². The zero-order chi connectivity index (χ0) is 18.0. The minimum absolute atomic E-state index is 0.0171. The average molecular weight is 411 g/mol. The molecule has 4 nitrogen and oxygen atoms in total. The number of aliphatic hydroxyl groups excluding tert-OH is 1. The lowest BCUT2D eigenvalue weighted by molar-refractivity contribution is -0.967. The lowest BCUT2D eigenvalue weighted by Gasteiger charge is -2.50. The predicted molar refractivity (Wildman–Crippen MR) is 102 cm³/mol. The number of benzene rings is 1. The minimum Gasteiger partial charge on any atom is -0.461 e. The summed E-state index contributed by atoms with van der Waals surface area (Å²) in [7, 11) is 2.37. The number of hydrogen-bond donors (Lipinski definition) is 1. The number of quaternary nitrogens is 1. The topological polar surface area (TPSA) is 46.5 Å². The summed E-state index contributed by atoms with van der Waals surface area (Å²) in [6, 6.07) is 11.1. The summed E-state index contributed by atoms with van der Waals surface area (Å²) in [5.41, 5.74) is 0.822. The molecular formula is C20H29BrNO3+. The molecule has 1 aromatic rings. The highest BCUT2D eigenvalue weighted by Gasteiger charge is 2.54. The Morgan fingerprint density at radius 1 is 1.28 bits per heavy atom. The van der Waals surface area contributed by atoms with Crippen molar-refractivity contribution in [1.82, 2.24) is 0 Å². The Hall–Kier alpha value is -0.910. The van der Waals surface area contributed by atoms with Gasteiger partial charge < -0.3 is 14.3 Å². The van der Waals surface area contributed by atoms with Crippen LogP contribution in [0.5, 0.6) is 0 Å². The van der Waals surface area contributed by atoms with Crippen LogP contribution in [0.2, 0.25) is 0 Å². The van der Waals surface area contributed by atoms with Crippen molar-refractivity contribution in [3.63, 3.8) is 0 Å². The number of piperidine rings is 1. The fourth-order valence-corrected chi connectivity index (χ4v) is 5.47. The van der Waals surface area contributed by atoms with Crippen LogP contribution in [0.25, 0.3) is 0 Å². The van der Waals surface area contributed by atoms with E-state index < -0.39 is 5.92 Å². The predicted octanol–water partition coefficient (Wildman–Crippen LogP) is 3.23. The van der Waals surface area contributed by atoms with Crippen LogP contribution in [0.1, 0.15) is 44.1 Å². The van der Waals surface area contributed by atoms with Crippen molar-refractivity contribution in [2.75, 3.05) is 19.0 Å². The number of alkyl halides is 1. The van der Waals surface area contributed by atoms with Crippen molar-refractivity contribution >= 4 is 21.9 Å². The lowest BCUT2D eigenvalue weighted by atomic mass is 9.94. The van der Waals surface area contributed by atoms with Gasteiger partial charge in [-0.25, -0.2) is 0 Å². The van der Waals surface area contributed by atoms with Gasteiger partial charge in [-0.3, -0.25) is 4.79 Å². The molecule has 4 unspecified atom stereocenters. The van der Waals surface area contributed by atoms with E-state index in [1.807, 2.05) is 30.3 Å². The molecule has 2 bridgehead atoms. The fourth-order valence-electron chi connectivity index (χ4n) is 4.84. The smallest absolute Gasteiger partial charge is 0.316 e. The van der Waals surface area contributed by atoms with E-state index in [9.17, 15) is 9.90 Å². The normalized spacial score (nSPS) is 33.7. The number of ether oxygens (including phenoxy) is 1. The maximum atomic E-state index is 12.6. The Balaban J connectivity index is 1.66. The molecule has 2 heterocycles. The number of rotatable bonds is 6. The first-order valence-corrected chi connectivity index (χ1v) is 10.4. The van der Waals surface area contributed by atoms with Crippen molar-refractivity contribution in [2.45, 2.75) is 62.8 Å². The Morgan fingerprint density at radius 3 is 2.40 bits per heavy atom. The van der Waals surface area contributed by atoms with E-state index in [1.54, 1.807) is 0 Å². The number of fused-ring (bicyclic) bond motifs is 2. The van der Waals surface area contributed by atoms with E-state index in [-0.39, 0.29) is 18.7 Å². The zero-order valence-corrected chi connectivity index (χ0v) is 16.7. The summed E-state index contributed by atoms with van der Waals surface area (Å²) in [6.07, 6.45) is 4.28. The highest BCUT2D eigenvalue weighted by molar-refractivity contribution is 9.09. The van der Waals surface area contributed by atoms with Crippen LogP contribution in [0.15, 0.2) is 30.3 Å². The monoisotopic (exact) mass is 410 g/mol. The molecule has 0 aliphatic carbocycles. The maximum absolute atomic E-state index is 12.6. The summed E-state index contributed by atoms with van der Waals surface area (Å²) >= 11 is 3.65. The van der Waals surface area contributed by atoms with Gasteiger partial charge in [-0.15, -0.1) is 0 Å². The Morgan fingerprint density at radius 2 is 1.88 bits per heavy atom. The Bertz CT molecular complexity index is 580. The van der Waals surface area contributed by atoms with E-state index in [1.165, 1.54) is 12.8 Å². The average Bonchev–Trinajstić information content (AvgIpc) is 2.80. The highest BCUT2D eigenvalue weighted by Crippen LogP contribution is 2.44.